The Morgan fingerprint density at radius 2 is 1.64 bits per heavy atom. The highest BCUT2D eigenvalue weighted by atomic mass is 32.2. The van der Waals surface area contributed by atoms with Gasteiger partial charge in [-0.2, -0.15) is 8.42 Å². The average Bonchev–Trinajstić information content (AvgIpc) is 2.80. The van der Waals surface area contributed by atoms with E-state index in [-0.39, 0.29) is 16.5 Å². The highest BCUT2D eigenvalue weighted by Gasteiger charge is 2.51. The summed E-state index contributed by atoms with van der Waals surface area (Å²) in [5.74, 6) is 0. The van der Waals surface area contributed by atoms with Crippen LogP contribution in [0.15, 0.2) is 64.4 Å². The molecule has 3 rings (SSSR count). The van der Waals surface area contributed by atoms with Gasteiger partial charge in [0.1, 0.15) is 18.3 Å². The first-order valence-corrected chi connectivity index (χ1v) is 17.2. The first-order chi connectivity index (χ1) is 16.7. The minimum absolute atomic E-state index is 0.0622. The van der Waals surface area contributed by atoms with Gasteiger partial charge >= 0.3 is 0 Å². The van der Waals surface area contributed by atoms with Gasteiger partial charge < -0.3 is 19.0 Å². The maximum Gasteiger partial charge on any atom is 0.297 e. The van der Waals surface area contributed by atoms with Crippen LogP contribution < -0.4 is 0 Å². The highest BCUT2D eigenvalue weighted by Crippen LogP contribution is 2.42. The van der Waals surface area contributed by atoms with E-state index in [4.69, 9.17) is 18.1 Å². The smallest absolute Gasteiger partial charge is 0.297 e. The molecule has 1 aliphatic heterocycles. The molecule has 200 valence electrons. The number of methoxy groups -OCH3 is 1. The lowest BCUT2D eigenvalue weighted by Crippen LogP contribution is -2.62. The van der Waals surface area contributed by atoms with Gasteiger partial charge in [-0.1, -0.05) is 56.7 Å². The fraction of sp³-hybridized carbons (Fsp3) is 0.538. The SMILES string of the molecule is CO[C@H]1[C@H](O[Si](C)(C)C(C)(C)C)[C@@H](COS(=O)(=O)c2ccc(C)cc2)O[C@H](O)[C@@H]1Sc1ccccc1. The maximum atomic E-state index is 12.9. The van der Waals surface area contributed by atoms with Gasteiger partial charge in [-0.3, -0.25) is 4.18 Å². The molecule has 5 atom stereocenters. The van der Waals surface area contributed by atoms with Crippen LogP contribution in [0.1, 0.15) is 26.3 Å². The van der Waals surface area contributed by atoms with Crippen LogP contribution in [-0.4, -0.2) is 65.4 Å². The number of hydrogen-bond acceptors (Lipinski definition) is 8. The summed E-state index contributed by atoms with van der Waals surface area (Å²) >= 11 is 1.44. The van der Waals surface area contributed by atoms with Crippen molar-refractivity contribution in [2.75, 3.05) is 13.7 Å². The van der Waals surface area contributed by atoms with Gasteiger partial charge in [0.2, 0.25) is 0 Å². The lowest BCUT2D eigenvalue weighted by Gasteiger charge is -2.48. The number of rotatable bonds is 9. The largest absolute Gasteiger partial charge is 0.408 e. The predicted molar refractivity (Wildman–Crippen MR) is 144 cm³/mol. The molecule has 0 bridgehead atoms. The molecule has 0 spiro atoms. The van der Waals surface area contributed by atoms with Crippen molar-refractivity contribution < 1.29 is 31.6 Å². The van der Waals surface area contributed by atoms with Gasteiger partial charge in [-0.05, 0) is 49.3 Å². The zero-order valence-electron chi connectivity index (χ0n) is 22.0. The Bertz CT molecular complexity index is 1090. The molecule has 1 saturated heterocycles. The monoisotopic (exact) mass is 554 g/mol. The van der Waals surface area contributed by atoms with E-state index in [0.29, 0.717) is 0 Å². The lowest BCUT2D eigenvalue weighted by atomic mass is 10.0. The van der Waals surface area contributed by atoms with E-state index in [1.54, 1.807) is 19.2 Å². The summed E-state index contributed by atoms with van der Waals surface area (Å²) in [6, 6.07) is 16.1. The summed E-state index contributed by atoms with van der Waals surface area (Å²) in [6.45, 7) is 12.2. The minimum atomic E-state index is -4.03. The van der Waals surface area contributed by atoms with Crippen molar-refractivity contribution in [1.29, 1.82) is 0 Å². The van der Waals surface area contributed by atoms with Crippen LogP contribution in [0.3, 0.4) is 0 Å². The summed E-state index contributed by atoms with van der Waals surface area (Å²) in [6.07, 6.45) is -3.28. The number of thioether (sulfide) groups is 1. The molecule has 1 fully saturated rings. The second-order valence-electron chi connectivity index (χ2n) is 10.6. The molecule has 1 N–H and O–H groups in total. The molecule has 0 aromatic heterocycles. The second kappa shape index (κ2) is 11.7. The molecule has 1 aliphatic rings. The van der Waals surface area contributed by atoms with Gasteiger partial charge in [0, 0.05) is 12.0 Å². The fourth-order valence-corrected chi connectivity index (χ4v) is 7.12. The van der Waals surface area contributed by atoms with Crippen molar-refractivity contribution in [2.45, 2.75) is 85.5 Å². The number of aliphatic hydroxyl groups excluding tert-OH is 1. The molecule has 2 aromatic rings. The lowest BCUT2D eigenvalue weighted by molar-refractivity contribution is -0.233. The third-order valence-electron chi connectivity index (χ3n) is 6.83. The first-order valence-electron chi connectivity index (χ1n) is 12.0. The van der Waals surface area contributed by atoms with Gasteiger partial charge in [-0.25, -0.2) is 0 Å². The molecule has 0 unspecified atom stereocenters. The van der Waals surface area contributed by atoms with E-state index in [1.807, 2.05) is 37.3 Å². The molecule has 36 heavy (non-hydrogen) atoms. The van der Waals surface area contributed by atoms with Gasteiger partial charge in [0.15, 0.2) is 14.6 Å². The first kappa shape index (κ1) is 29.3. The van der Waals surface area contributed by atoms with Gasteiger partial charge in [-0.15, -0.1) is 11.8 Å². The summed E-state index contributed by atoms with van der Waals surface area (Å²) in [5.41, 5.74) is 0.945. The van der Waals surface area contributed by atoms with Crippen molar-refractivity contribution in [3.63, 3.8) is 0 Å². The third kappa shape index (κ3) is 6.99. The molecule has 10 heteroatoms. The van der Waals surface area contributed by atoms with Crippen molar-refractivity contribution in [2.24, 2.45) is 0 Å². The number of aryl methyl sites for hydroxylation is 1. The van der Waals surface area contributed by atoms with Crippen molar-refractivity contribution in [3.05, 3.63) is 60.2 Å². The zero-order valence-corrected chi connectivity index (χ0v) is 24.6. The van der Waals surface area contributed by atoms with E-state index < -0.39 is 48.3 Å². The number of ether oxygens (including phenoxy) is 2. The van der Waals surface area contributed by atoms with E-state index in [0.717, 1.165) is 10.5 Å². The predicted octanol–water partition coefficient (Wildman–Crippen LogP) is 4.98. The molecule has 2 aromatic carbocycles. The Hall–Kier alpha value is -1.24. The topological polar surface area (TPSA) is 91.3 Å². The highest BCUT2D eigenvalue weighted by molar-refractivity contribution is 8.00. The average molecular weight is 555 g/mol. The molecule has 0 saturated carbocycles. The maximum absolute atomic E-state index is 12.9. The van der Waals surface area contributed by atoms with Gasteiger partial charge in [0.05, 0.1) is 16.8 Å². The Kier molecular flexibility index (Phi) is 9.49. The molecule has 1 heterocycles. The van der Waals surface area contributed by atoms with Crippen LogP contribution in [0.5, 0.6) is 0 Å². The quantitative estimate of drug-likeness (QED) is 0.343. The normalized spacial score (nSPS) is 25.6. The van der Waals surface area contributed by atoms with Crippen LogP contribution >= 0.6 is 11.8 Å². The Morgan fingerprint density at radius 1 is 1.03 bits per heavy atom. The van der Waals surface area contributed by atoms with Gasteiger partial charge in [0.25, 0.3) is 10.1 Å². The number of benzene rings is 2. The Labute approximate surface area is 220 Å². The fourth-order valence-electron chi connectivity index (χ4n) is 3.67. The van der Waals surface area contributed by atoms with Crippen molar-refractivity contribution in [3.8, 4) is 0 Å². The van der Waals surface area contributed by atoms with Crippen molar-refractivity contribution >= 4 is 30.2 Å². The molecule has 7 nitrogen and oxygen atoms in total. The van der Waals surface area contributed by atoms with Crippen LogP contribution in [0.4, 0.5) is 0 Å². The van der Waals surface area contributed by atoms with Crippen LogP contribution in [0.2, 0.25) is 18.1 Å². The van der Waals surface area contributed by atoms with E-state index in [2.05, 4.69) is 33.9 Å². The summed E-state index contributed by atoms with van der Waals surface area (Å²) in [7, 11) is -4.79. The van der Waals surface area contributed by atoms with E-state index >= 15 is 0 Å². The molecule has 0 aliphatic carbocycles. The van der Waals surface area contributed by atoms with Crippen LogP contribution in [-0.2, 0) is 28.2 Å². The number of hydrogen-bond donors (Lipinski definition) is 1. The Morgan fingerprint density at radius 3 is 2.19 bits per heavy atom. The van der Waals surface area contributed by atoms with Crippen LogP contribution in [0.25, 0.3) is 0 Å². The summed E-state index contributed by atoms with van der Waals surface area (Å²) in [4.78, 5) is 1.02. The minimum Gasteiger partial charge on any atom is -0.408 e. The van der Waals surface area contributed by atoms with E-state index in [1.165, 1.54) is 23.9 Å². The summed E-state index contributed by atoms with van der Waals surface area (Å²) < 4.78 is 49.8. The standard InChI is InChI=1S/C26H38O7S2Si/c1-18-13-15-20(16-14-18)35(28,29)31-17-21-22(33-36(6,7)26(2,3)4)23(30-5)24(25(27)32-21)34-19-11-9-8-10-12-19/h8-16,21-25,27H,17H2,1-7H3/t21-,22-,23+,24-,25+/m1/s1. The molecular formula is C26H38O7S2Si. The number of aliphatic hydroxyl groups is 1. The van der Waals surface area contributed by atoms with E-state index in [9.17, 15) is 13.5 Å². The molecule has 0 radical (unpaired) electrons. The third-order valence-corrected chi connectivity index (χ3v) is 13.9. The second-order valence-corrected chi connectivity index (χ2v) is 18.2. The Balaban J connectivity index is 1.89. The summed E-state index contributed by atoms with van der Waals surface area (Å²) in [5, 5.41) is 10.4. The molecular weight excluding hydrogens is 516 g/mol. The molecule has 0 amide bonds. The van der Waals surface area contributed by atoms with Crippen LogP contribution in [0, 0.1) is 6.92 Å². The zero-order chi connectivity index (χ0) is 26.7. The van der Waals surface area contributed by atoms with Crippen molar-refractivity contribution in [1.82, 2.24) is 0 Å².